The fourth-order valence-corrected chi connectivity index (χ4v) is 2.33. The van der Waals surface area contributed by atoms with Crippen molar-refractivity contribution in [1.82, 2.24) is 0 Å². The van der Waals surface area contributed by atoms with Gasteiger partial charge in [0.2, 0.25) is 0 Å². The van der Waals surface area contributed by atoms with Gasteiger partial charge in [-0.15, -0.1) is 0 Å². The van der Waals surface area contributed by atoms with Gasteiger partial charge in [0.25, 0.3) is 0 Å². The van der Waals surface area contributed by atoms with E-state index >= 15 is 0 Å². The number of hydrogen-bond donors (Lipinski definition) is 0. The monoisotopic (exact) mass is 358 g/mol. The van der Waals surface area contributed by atoms with Crippen LogP contribution in [0.15, 0.2) is 11.7 Å². The number of rotatable bonds is 19. The molecule has 0 aliphatic rings. The molecule has 0 aliphatic carbocycles. The molecule has 0 saturated carbocycles. The van der Waals surface area contributed by atoms with Crippen molar-refractivity contribution in [1.29, 1.82) is 0 Å². The minimum Gasteiger partial charge on any atom is -0.491 e. The third-order valence-corrected chi connectivity index (χ3v) is 3.86. The lowest BCUT2D eigenvalue weighted by Gasteiger charge is -2.18. The van der Waals surface area contributed by atoms with Gasteiger partial charge in [-0.2, -0.15) is 0 Å². The highest BCUT2D eigenvalue weighted by atomic mass is 16.7. The second-order valence-electron chi connectivity index (χ2n) is 6.45. The summed E-state index contributed by atoms with van der Waals surface area (Å²) in [7, 11) is 0. The molecule has 0 aromatic rings. The SMILES string of the molecule is CCCCCOC(CCCCC)=C(OCCCCC)OCOCCC. The molecule has 0 fully saturated rings. The van der Waals surface area contributed by atoms with Crippen molar-refractivity contribution in [3.05, 3.63) is 11.7 Å². The third-order valence-electron chi connectivity index (χ3n) is 3.86. The Hall–Kier alpha value is -0.900. The lowest BCUT2D eigenvalue weighted by molar-refractivity contribution is -0.0838. The summed E-state index contributed by atoms with van der Waals surface area (Å²) in [5, 5.41) is 0. The van der Waals surface area contributed by atoms with E-state index in [2.05, 4.69) is 27.7 Å². The van der Waals surface area contributed by atoms with Crippen molar-refractivity contribution >= 4 is 0 Å². The summed E-state index contributed by atoms with van der Waals surface area (Å²) >= 11 is 0. The molecule has 0 unspecified atom stereocenters. The van der Waals surface area contributed by atoms with Gasteiger partial charge < -0.3 is 18.9 Å². The van der Waals surface area contributed by atoms with Crippen molar-refractivity contribution < 1.29 is 18.9 Å². The van der Waals surface area contributed by atoms with Gasteiger partial charge in [-0.3, -0.25) is 0 Å². The molecule has 0 spiro atoms. The highest BCUT2D eigenvalue weighted by Crippen LogP contribution is 2.19. The standard InChI is InChI=1S/C21H42O4/c1-5-9-12-15-20(23-17-13-10-6-2)21(24-18-14-11-7-3)25-19-22-16-8-4/h5-19H2,1-4H3. The summed E-state index contributed by atoms with van der Waals surface area (Å²) in [6.45, 7) is 11.0. The lowest BCUT2D eigenvalue weighted by Crippen LogP contribution is -2.10. The van der Waals surface area contributed by atoms with Crippen LogP contribution in [-0.2, 0) is 18.9 Å². The van der Waals surface area contributed by atoms with Crippen LogP contribution in [0.2, 0.25) is 0 Å². The first-order valence-corrected chi connectivity index (χ1v) is 10.5. The summed E-state index contributed by atoms with van der Waals surface area (Å²) in [4.78, 5) is 0. The first-order valence-electron chi connectivity index (χ1n) is 10.5. The quantitative estimate of drug-likeness (QED) is 0.149. The van der Waals surface area contributed by atoms with Crippen LogP contribution in [0, 0.1) is 0 Å². The summed E-state index contributed by atoms with van der Waals surface area (Å²) in [5.74, 6) is 1.40. The molecule has 150 valence electrons. The Labute approximate surface area is 156 Å². The zero-order valence-corrected chi connectivity index (χ0v) is 17.2. The molecular formula is C21H42O4. The van der Waals surface area contributed by atoms with E-state index < -0.39 is 0 Å². The van der Waals surface area contributed by atoms with Crippen LogP contribution in [0.1, 0.15) is 98.3 Å². The third kappa shape index (κ3) is 15.1. The van der Waals surface area contributed by atoms with E-state index in [0.29, 0.717) is 19.2 Å². The maximum atomic E-state index is 6.04. The van der Waals surface area contributed by atoms with Crippen LogP contribution in [0.3, 0.4) is 0 Å². The van der Waals surface area contributed by atoms with Crippen LogP contribution >= 0.6 is 0 Å². The topological polar surface area (TPSA) is 36.9 Å². The Bertz CT molecular complexity index is 288. The molecule has 0 aromatic heterocycles. The molecule has 0 bridgehead atoms. The van der Waals surface area contributed by atoms with Gasteiger partial charge in [0.1, 0.15) is 0 Å². The van der Waals surface area contributed by atoms with Crippen LogP contribution < -0.4 is 0 Å². The fraction of sp³-hybridized carbons (Fsp3) is 0.905. The van der Waals surface area contributed by atoms with Gasteiger partial charge in [0, 0.05) is 6.42 Å². The van der Waals surface area contributed by atoms with Gasteiger partial charge in [-0.1, -0.05) is 66.2 Å². The number of allylic oxidation sites excluding steroid dienone is 1. The Kier molecular flexibility index (Phi) is 18.7. The number of ether oxygens (including phenoxy) is 4. The van der Waals surface area contributed by atoms with Crippen molar-refractivity contribution in [2.75, 3.05) is 26.6 Å². The number of hydrogen-bond acceptors (Lipinski definition) is 4. The Morgan fingerprint density at radius 3 is 1.76 bits per heavy atom. The fourth-order valence-electron chi connectivity index (χ4n) is 2.33. The lowest BCUT2D eigenvalue weighted by atomic mass is 10.2. The van der Waals surface area contributed by atoms with E-state index in [4.69, 9.17) is 18.9 Å². The van der Waals surface area contributed by atoms with Crippen molar-refractivity contribution in [2.45, 2.75) is 98.3 Å². The van der Waals surface area contributed by atoms with E-state index in [1.165, 1.54) is 38.5 Å². The van der Waals surface area contributed by atoms with E-state index in [1.54, 1.807) is 0 Å². The Balaban J connectivity index is 4.73. The van der Waals surface area contributed by atoms with E-state index in [-0.39, 0.29) is 6.79 Å². The van der Waals surface area contributed by atoms with Crippen LogP contribution in [0.5, 0.6) is 0 Å². The minimum atomic E-state index is 0.229. The first kappa shape index (κ1) is 24.1. The molecule has 4 nitrogen and oxygen atoms in total. The highest BCUT2D eigenvalue weighted by molar-refractivity contribution is 4.95. The predicted octanol–water partition coefficient (Wildman–Crippen LogP) is 6.55. The first-order chi connectivity index (χ1) is 12.3. The van der Waals surface area contributed by atoms with Crippen molar-refractivity contribution in [3.8, 4) is 0 Å². The molecule has 4 heteroatoms. The molecule has 0 atom stereocenters. The Morgan fingerprint density at radius 2 is 1.16 bits per heavy atom. The summed E-state index contributed by atoms with van der Waals surface area (Å²) in [6.07, 6.45) is 12.2. The van der Waals surface area contributed by atoms with Gasteiger partial charge in [0.05, 0.1) is 19.8 Å². The van der Waals surface area contributed by atoms with Gasteiger partial charge in [-0.05, 0) is 25.7 Å². The minimum absolute atomic E-state index is 0.229. The molecule has 0 radical (unpaired) electrons. The predicted molar refractivity (Wildman–Crippen MR) is 104 cm³/mol. The van der Waals surface area contributed by atoms with Crippen molar-refractivity contribution in [2.24, 2.45) is 0 Å². The molecule has 0 saturated heterocycles. The number of unbranched alkanes of at least 4 members (excludes halogenated alkanes) is 6. The summed E-state index contributed by atoms with van der Waals surface area (Å²) in [6, 6.07) is 0. The van der Waals surface area contributed by atoms with E-state index in [1.807, 2.05) is 0 Å². The molecule has 0 heterocycles. The van der Waals surface area contributed by atoms with E-state index in [0.717, 1.165) is 44.5 Å². The zero-order valence-electron chi connectivity index (χ0n) is 17.2. The second kappa shape index (κ2) is 19.4. The van der Waals surface area contributed by atoms with Crippen molar-refractivity contribution in [3.63, 3.8) is 0 Å². The summed E-state index contributed by atoms with van der Waals surface area (Å²) < 4.78 is 23.2. The molecule has 0 amide bonds. The van der Waals surface area contributed by atoms with Crippen LogP contribution in [-0.4, -0.2) is 26.6 Å². The second-order valence-corrected chi connectivity index (χ2v) is 6.45. The maximum Gasteiger partial charge on any atom is 0.321 e. The molecule has 0 aliphatic heterocycles. The smallest absolute Gasteiger partial charge is 0.321 e. The molecular weight excluding hydrogens is 316 g/mol. The average Bonchev–Trinajstić information content (AvgIpc) is 2.63. The molecule has 0 aromatic carbocycles. The van der Waals surface area contributed by atoms with Gasteiger partial charge in [0.15, 0.2) is 12.6 Å². The molecule has 0 N–H and O–H groups in total. The maximum absolute atomic E-state index is 6.04. The summed E-state index contributed by atoms with van der Waals surface area (Å²) in [5.41, 5.74) is 0. The van der Waals surface area contributed by atoms with Gasteiger partial charge in [-0.25, -0.2) is 0 Å². The molecule has 25 heavy (non-hydrogen) atoms. The van der Waals surface area contributed by atoms with E-state index in [9.17, 15) is 0 Å². The largest absolute Gasteiger partial charge is 0.491 e. The highest BCUT2D eigenvalue weighted by Gasteiger charge is 2.13. The Morgan fingerprint density at radius 1 is 0.560 bits per heavy atom. The van der Waals surface area contributed by atoms with Gasteiger partial charge >= 0.3 is 5.95 Å². The van der Waals surface area contributed by atoms with Crippen LogP contribution in [0.25, 0.3) is 0 Å². The average molecular weight is 359 g/mol. The normalized spacial score (nSPS) is 12.0. The zero-order chi connectivity index (χ0) is 18.6. The molecule has 0 rings (SSSR count). The van der Waals surface area contributed by atoms with Crippen LogP contribution in [0.4, 0.5) is 0 Å².